The quantitative estimate of drug-likeness (QED) is 0.0670. The lowest BCUT2D eigenvalue weighted by atomic mass is 9.33. The Hall–Kier alpha value is -1.67. The fourth-order valence-corrected chi connectivity index (χ4v) is 16.6. The lowest BCUT2D eigenvalue weighted by molar-refractivity contribution is -0.396. The number of ether oxygens (including phenoxy) is 8. The number of aliphatic hydroxyl groups excluding tert-OH is 14. The summed E-state index contributed by atoms with van der Waals surface area (Å²) in [6.07, 6.45) is -27.6. The highest BCUT2D eigenvalue weighted by atomic mass is 16.8. The average molecular weight is 1120 g/mol. The Morgan fingerprint density at radius 3 is 1.79 bits per heavy atom. The highest BCUT2D eigenvalue weighted by Gasteiger charge is 2.70. The van der Waals surface area contributed by atoms with E-state index in [1.54, 1.807) is 0 Å². The van der Waals surface area contributed by atoms with Gasteiger partial charge in [0.25, 0.3) is 0 Å². The summed E-state index contributed by atoms with van der Waals surface area (Å²) in [5.74, 6) is -1.77. The number of hydrogen-bond donors (Lipinski definition) is 15. The molecule has 0 aromatic heterocycles. The molecule has 0 aromatic carbocycles. The molecule has 448 valence electrons. The van der Waals surface area contributed by atoms with Crippen molar-refractivity contribution in [3.8, 4) is 0 Å². The fraction of sp³-hybridized carbons (Fsp3) is 0.944. The number of hydrogen-bond acceptors (Lipinski definition) is 23. The summed E-state index contributed by atoms with van der Waals surface area (Å²) in [5, 5.41) is 162. The smallest absolute Gasteiger partial charge is 0.335 e. The van der Waals surface area contributed by atoms with E-state index >= 15 is 0 Å². The molecule has 4 heterocycles. The molecular weight excluding hydrogens is 1030 g/mol. The molecule has 9 rings (SSSR count). The third-order valence-corrected chi connectivity index (χ3v) is 21.8. The van der Waals surface area contributed by atoms with E-state index in [9.17, 15) is 81.4 Å². The molecule has 24 heteroatoms. The number of rotatable bonds is 13. The van der Waals surface area contributed by atoms with Crippen molar-refractivity contribution in [2.75, 3.05) is 26.4 Å². The standard InChI is InChI=1S/C54H88O24/c1-22-31(59)34(62)40(68)46(72-22)77-42-36(64)33(61)26(19-56)74-47(42)78-43-38(66)37(65)41(44(69)70)76-48(43)75-30-11-12-51(4)27(52(30,5)20-57)10-13-54(7)28(51)9-8-23-24-16-49(2,17-29(58)50(24,3)14-15-53(23,54)6)21-71-45-39(67)35(63)32(60)25(18-55)73-45/h8,22,24-43,45-48,55-68H,9-21H2,1-7H3,(H,69,70)/t22-,24-,25+,26+,27+,28+,29+,30-,31-,32+,33-,34+,35-,36-,37-,38-,39+,40+,41-,42+,43+,45+,46-,47-,48+,49+,50+,51-,52+,53+,54+/m0/s1. The van der Waals surface area contributed by atoms with Crippen LogP contribution < -0.4 is 0 Å². The summed E-state index contributed by atoms with van der Waals surface area (Å²) >= 11 is 0. The van der Waals surface area contributed by atoms with E-state index in [1.165, 1.54) is 12.5 Å². The van der Waals surface area contributed by atoms with Gasteiger partial charge in [0.15, 0.2) is 31.3 Å². The molecule has 24 nitrogen and oxygen atoms in total. The van der Waals surface area contributed by atoms with Gasteiger partial charge in [-0.2, -0.15) is 0 Å². The Bertz CT molecular complexity index is 2160. The molecule has 0 amide bonds. The normalized spacial score (nSPS) is 56.4. The zero-order valence-electron chi connectivity index (χ0n) is 45.6. The summed E-state index contributed by atoms with van der Waals surface area (Å²) in [7, 11) is 0. The summed E-state index contributed by atoms with van der Waals surface area (Å²) in [5.41, 5.74) is -1.77. The van der Waals surface area contributed by atoms with Crippen LogP contribution in [0.25, 0.3) is 0 Å². The van der Waals surface area contributed by atoms with Crippen LogP contribution in [0.1, 0.15) is 106 Å². The third-order valence-electron chi connectivity index (χ3n) is 21.8. The number of aliphatic hydroxyl groups is 14. The van der Waals surface area contributed by atoms with E-state index in [-0.39, 0.29) is 41.8 Å². The Morgan fingerprint density at radius 1 is 0.590 bits per heavy atom. The maximum atomic E-state index is 12.6. The second-order valence-corrected chi connectivity index (χ2v) is 26.3. The Balaban J connectivity index is 0.963. The van der Waals surface area contributed by atoms with Gasteiger partial charge >= 0.3 is 5.97 Å². The lowest BCUT2D eigenvalue weighted by Crippen LogP contribution is -2.68. The monoisotopic (exact) mass is 1120 g/mol. The minimum absolute atomic E-state index is 0.0470. The molecule has 31 atom stereocenters. The van der Waals surface area contributed by atoms with Gasteiger partial charge in [0.1, 0.15) is 85.5 Å². The van der Waals surface area contributed by atoms with E-state index in [2.05, 4.69) is 33.8 Å². The van der Waals surface area contributed by atoms with Crippen molar-refractivity contribution < 1.29 is 119 Å². The van der Waals surface area contributed by atoms with Crippen molar-refractivity contribution in [1.29, 1.82) is 0 Å². The minimum atomic E-state index is -2.12. The van der Waals surface area contributed by atoms with E-state index in [1.807, 2.05) is 13.8 Å². The molecule has 9 aliphatic rings. The zero-order chi connectivity index (χ0) is 57.1. The largest absolute Gasteiger partial charge is 0.479 e. The average Bonchev–Trinajstić information content (AvgIpc) is 2.58. The fourth-order valence-electron chi connectivity index (χ4n) is 16.6. The van der Waals surface area contributed by atoms with Gasteiger partial charge in [-0.25, -0.2) is 4.79 Å². The summed E-state index contributed by atoms with van der Waals surface area (Å²) in [4.78, 5) is 12.6. The van der Waals surface area contributed by atoms with Crippen LogP contribution in [-0.4, -0.2) is 244 Å². The molecule has 8 fully saturated rings. The van der Waals surface area contributed by atoms with Crippen molar-refractivity contribution in [2.45, 2.75) is 241 Å². The molecule has 4 aliphatic heterocycles. The van der Waals surface area contributed by atoms with Crippen molar-refractivity contribution >= 4 is 5.97 Å². The third kappa shape index (κ3) is 9.76. The Kier molecular flexibility index (Phi) is 17.2. The van der Waals surface area contributed by atoms with Crippen LogP contribution in [0.15, 0.2) is 11.6 Å². The zero-order valence-corrected chi connectivity index (χ0v) is 45.6. The number of aliphatic carboxylic acids is 1. The van der Waals surface area contributed by atoms with Crippen molar-refractivity contribution in [3.63, 3.8) is 0 Å². The van der Waals surface area contributed by atoms with Gasteiger partial charge in [0.05, 0.1) is 44.7 Å². The van der Waals surface area contributed by atoms with Gasteiger partial charge in [0.2, 0.25) is 0 Å². The summed E-state index contributed by atoms with van der Waals surface area (Å²) in [6.45, 7) is 12.7. The number of carbonyl (C=O) groups is 1. The van der Waals surface area contributed by atoms with Crippen LogP contribution in [0.2, 0.25) is 0 Å². The molecule has 5 aliphatic carbocycles. The van der Waals surface area contributed by atoms with Crippen molar-refractivity contribution in [1.82, 2.24) is 0 Å². The first-order valence-electron chi connectivity index (χ1n) is 27.9. The molecule has 15 N–H and O–H groups in total. The van der Waals surface area contributed by atoms with Crippen LogP contribution >= 0.6 is 0 Å². The first-order valence-corrected chi connectivity index (χ1v) is 27.9. The van der Waals surface area contributed by atoms with Crippen LogP contribution in [0.4, 0.5) is 0 Å². The van der Waals surface area contributed by atoms with Crippen molar-refractivity contribution in [2.24, 2.45) is 50.2 Å². The maximum Gasteiger partial charge on any atom is 0.335 e. The van der Waals surface area contributed by atoms with Crippen molar-refractivity contribution in [3.05, 3.63) is 11.6 Å². The van der Waals surface area contributed by atoms with E-state index in [0.717, 1.165) is 19.3 Å². The highest BCUT2D eigenvalue weighted by Crippen LogP contribution is 2.76. The van der Waals surface area contributed by atoms with Gasteiger partial charge in [0, 0.05) is 10.8 Å². The number of carboxylic acid groups (broad SMARTS) is 1. The van der Waals surface area contributed by atoms with Gasteiger partial charge in [-0.05, 0) is 104 Å². The maximum absolute atomic E-state index is 12.6. The van der Waals surface area contributed by atoms with Gasteiger partial charge < -0.3 is 114 Å². The van der Waals surface area contributed by atoms with E-state index in [4.69, 9.17) is 37.9 Å². The first-order chi connectivity index (χ1) is 36.5. The predicted octanol–water partition coefficient (Wildman–Crippen LogP) is -2.50. The summed E-state index contributed by atoms with van der Waals surface area (Å²) in [6, 6.07) is 0. The van der Waals surface area contributed by atoms with Gasteiger partial charge in [-0.15, -0.1) is 0 Å². The molecular formula is C54H88O24. The van der Waals surface area contributed by atoms with Crippen LogP contribution in [0, 0.1) is 50.2 Å². The molecule has 0 bridgehead atoms. The second-order valence-electron chi connectivity index (χ2n) is 26.3. The number of carboxylic acids is 1. The topological polar surface area (TPSA) is 394 Å². The molecule has 0 aromatic rings. The SMILES string of the molecule is C[C@@H]1O[C@@H](O[C@H]2[C@H](O[C@H]3[C@H](O[C@H]4CC[C@@]5(C)[C@@H](CC[C@]6(C)[C@@H]5CC=C5[C@@H]7C[C@@](C)(CO[C@@H]8O[C@H](CO)[C@@H](O)[C@H](O)[C@H]8O)C[C@@H](O)[C@]7(C)CC[C@]56C)[C@@]4(C)CO)O[C@H](C(=O)O)[C@@H](O)[C@@H]3O)O[C@H](CO)[C@H](O)[C@@H]2O)[C@H](O)[C@H](O)[C@H]1O. The molecule has 0 unspecified atom stereocenters. The van der Waals surface area contributed by atoms with Crippen LogP contribution in [0.5, 0.6) is 0 Å². The Labute approximate surface area is 453 Å². The van der Waals surface area contributed by atoms with Gasteiger partial charge in [-0.1, -0.05) is 53.2 Å². The summed E-state index contributed by atoms with van der Waals surface area (Å²) < 4.78 is 48.1. The molecule has 0 radical (unpaired) electrons. The molecule has 0 spiro atoms. The Morgan fingerprint density at radius 2 is 1.17 bits per heavy atom. The minimum Gasteiger partial charge on any atom is -0.479 e. The van der Waals surface area contributed by atoms with E-state index in [0.29, 0.717) is 38.5 Å². The predicted molar refractivity (Wildman–Crippen MR) is 265 cm³/mol. The second kappa shape index (κ2) is 22.1. The molecule has 4 saturated carbocycles. The number of allylic oxidation sites excluding steroid dienone is 2. The molecule has 4 saturated heterocycles. The first kappa shape index (κ1) is 60.9. The van der Waals surface area contributed by atoms with Crippen LogP contribution in [-0.2, 0) is 42.7 Å². The van der Waals surface area contributed by atoms with Crippen LogP contribution in [0.3, 0.4) is 0 Å². The molecule has 78 heavy (non-hydrogen) atoms. The highest BCUT2D eigenvalue weighted by molar-refractivity contribution is 5.73. The van der Waals surface area contributed by atoms with E-state index < -0.39 is 176 Å². The number of fused-ring (bicyclic) bond motifs is 7. The van der Waals surface area contributed by atoms with Gasteiger partial charge in [-0.3, -0.25) is 0 Å². The lowest BCUT2D eigenvalue weighted by Gasteiger charge is -2.72.